The highest BCUT2D eigenvalue weighted by molar-refractivity contribution is 7.89. The summed E-state index contributed by atoms with van der Waals surface area (Å²) in [4.78, 5) is 14.2. The van der Waals surface area contributed by atoms with E-state index < -0.39 is 15.9 Å². The number of aryl methyl sites for hydroxylation is 1. The summed E-state index contributed by atoms with van der Waals surface area (Å²) in [6.07, 6.45) is 3.70. The lowest BCUT2D eigenvalue weighted by Gasteiger charge is -2.34. The van der Waals surface area contributed by atoms with Crippen LogP contribution in [0.4, 0.5) is 0 Å². The predicted octanol–water partition coefficient (Wildman–Crippen LogP) is 1.43. The van der Waals surface area contributed by atoms with Gasteiger partial charge in [-0.3, -0.25) is 14.4 Å². The summed E-state index contributed by atoms with van der Waals surface area (Å²) in [6.45, 7) is 3.52. The van der Waals surface area contributed by atoms with Crippen molar-refractivity contribution >= 4 is 15.9 Å². The van der Waals surface area contributed by atoms with E-state index in [1.165, 1.54) is 5.56 Å². The first-order chi connectivity index (χ1) is 9.85. The molecule has 1 atom stereocenters. The molecule has 2 rings (SSSR count). The Labute approximate surface area is 126 Å². The van der Waals surface area contributed by atoms with Crippen molar-refractivity contribution in [3.63, 3.8) is 0 Å². The highest BCUT2D eigenvalue weighted by Crippen LogP contribution is 2.20. The minimum atomic E-state index is -3.50. The van der Waals surface area contributed by atoms with Crippen molar-refractivity contribution in [2.24, 2.45) is 0 Å². The Kier molecular flexibility index (Phi) is 5.00. The molecule has 0 spiro atoms. The first-order valence-electron chi connectivity index (χ1n) is 7.16. The van der Waals surface area contributed by atoms with Crippen LogP contribution in [0.2, 0.25) is 0 Å². The van der Waals surface area contributed by atoms with Crippen LogP contribution < -0.4 is 4.72 Å². The fourth-order valence-electron chi connectivity index (χ4n) is 2.77. The number of carbonyl (C=O) groups is 1. The van der Waals surface area contributed by atoms with Crippen molar-refractivity contribution in [3.05, 3.63) is 35.4 Å². The molecule has 5 nitrogen and oxygen atoms in total. The van der Waals surface area contributed by atoms with E-state index in [1.54, 1.807) is 0 Å². The first kappa shape index (κ1) is 16.0. The summed E-state index contributed by atoms with van der Waals surface area (Å²) < 4.78 is 24.6. The zero-order valence-corrected chi connectivity index (χ0v) is 13.3. The van der Waals surface area contributed by atoms with Gasteiger partial charge in [-0.25, -0.2) is 8.42 Å². The molecule has 0 radical (unpaired) electrons. The van der Waals surface area contributed by atoms with Gasteiger partial charge in [0.05, 0.1) is 12.3 Å². The number of sulfonamides is 1. The SMILES string of the molecule is Cc1cccc(CN2CCCC[C@@H]2C(=O)NS(C)(=O)=O)c1. The molecule has 1 heterocycles. The highest BCUT2D eigenvalue weighted by Gasteiger charge is 2.30. The third kappa shape index (κ3) is 4.82. The van der Waals surface area contributed by atoms with Gasteiger partial charge >= 0.3 is 0 Å². The predicted molar refractivity (Wildman–Crippen MR) is 82.2 cm³/mol. The van der Waals surface area contributed by atoms with Gasteiger partial charge in [0.25, 0.3) is 5.91 Å². The van der Waals surface area contributed by atoms with Crippen molar-refractivity contribution in [1.82, 2.24) is 9.62 Å². The molecule has 1 aromatic carbocycles. The van der Waals surface area contributed by atoms with E-state index in [4.69, 9.17) is 0 Å². The van der Waals surface area contributed by atoms with Crippen molar-refractivity contribution in [3.8, 4) is 0 Å². The molecule has 0 bridgehead atoms. The number of carbonyl (C=O) groups excluding carboxylic acids is 1. The number of hydrogen-bond acceptors (Lipinski definition) is 4. The molecule has 1 fully saturated rings. The minimum Gasteiger partial charge on any atom is -0.288 e. The normalized spacial score (nSPS) is 20.2. The Morgan fingerprint density at radius 2 is 2.14 bits per heavy atom. The van der Waals surface area contributed by atoms with Crippen molar-refractivity contribution in [2.45, 2.75) is 38.8 Å². The Balaban J connectivity index is 2.10. The number of piperidine rings is 1. The number of likely N-dealkylation sites (tertiary alicyclic amines) is 1. The number of benzene rings is 1. The second kappa shape index (κ2) is 6.58. The molecule has 1 N–H and O–H groups in total. The lowest BCUT2D eigenvalue weighted by atomic mass is 10.0. The van der Waals surface area contributed by atoms with Crippen LogP contribution in [0.5, 0.6) is 0 Å². The highest BCUT2D eigenvalue weighted by atomic mass is 32.2. The van der Waals surface area contributed by atoms with Crippen LogP contribution in [0.1, 0.15) is 30.4 Å². The Hall–Kier alpha value is -1.40. The van der Waals surface area contributed by atoms with Gasteiger partial charge in [0.1, 0.15) is 0 Å². The fraction of sp³-hybridized carbons (Fsp3) is 0.533. The lowest BCUT2D eigenvalue weighted by Crippen LogP contribution is -2.50. The second-order valence-electron chi connectivity index (χ2n) is 5.71. The third-order valence-electron chi connectivity index (χ3n) is 3.67. The first-order valence-corrected chi connectivity index (χ1v) is 9.05. The Bertz CT molecular complexity index is 613. The summed E-state index contributed by atoms with van der Waals surface area (Å²) in [5.41, 5.74) is 2.33. The molecule has 21 heavy (non-hydrogen) atoms. The van der Waals surface area contributed by atoms with Crippen LogP contribution in [-0.2, 0) is 21.4 Å². The molecule has 6 heteroatoms. The monoisotopic (exact) mass is 310 g/mol. The number of amides is 1. The largest absolute Gasteiger partial charge is 0.288 e. The molecular formula is C15H22N2O3S. The van der Waals surface area contributed by atoms with Crippen LogP contribution in [0.25, 0.3) is 0 Å². The van der Waals surface area contributed by atoms with Crippen LogP contribution in [-0.4, -0.2) is 38.1 Å². The molecule has 0 unspecified atom stereocenters. The van der Waals surface area contributed by atoms with Crippen molar-refractivity contribution in [1.29, 1.82) is 0 Å². The average Bonchev–Trinajstić information content (AvgIpc) is 2.37. The van der Waals surface area contributed by atoms with Crippen molar-refractivity contribution in [2.75, 3.05) is 12.8 Å². The van der Waals surface area contributed by atoms with Gasteiger partial charge in [-0.05, 0) is 31.9 Å². The standard InChI is InChI=1S/C15H22N2O3S/c1-12-6-5-7-13(10-12)11-17-9-4-3-8-14(17)15(18)16-21(2,19)20/h5-7,10,14H,3-4,8-9,11H2,1-2H3,(H,16,18)/t14-/m1/s1. The molecule has 116 valence electrons. The smallest absolute Gasteiger partial charge is 0.250 e. The van der Waals surface area contributed by atoms with Gasteiger partial charge in [-0.2, -0.15) is 0 Å². The number of rotatable bonds is 4. The van der Waals surface area contributed by atoms with Crippen LogP contribution in [0.15, 0.2) is 24.3 Å². The van der Waals surface area contributed by atoms with Gasteiger partial charge in [-0.15, -0.1) is 0 Å². The van der Waals surface area contributed by atoms with Crippen LogP contribution in [0.3, 0.4) is 0 Å². The molecule has 1 aliphatic heterocycles. The molecule has 1 aliphatic rings. The summed E-state index contributed by atoms with van der Waals surface area (Å²) in [7, 11) is -3.50. The number of nitrogens with one attached hydrogen (secondary N) is 1. The molecule has 1 saturated heterocycles. The van der Waals surface area contributed by atoms with Crippen molar-refractivity contribution < 1.29 is 13.2 Å². The lowest BCUT2D eigenvalue weighted by molar-refractivity contribution is -0.126. The van der Waals surface area contributed by atoms with Gasteiger partial charge in [0.2, 0.25) is 10.0 Å². The Morgan fingerprint density at radius 1 is 1.38 bits per heavy atom. The van der Waals surface area contributed by atoms with Gasteiger partial charge in [0.15, 0.2) is 0 Å². The van der Waals surface area contributed by atoms with E-state index in [9.17, 15) is 13.2 Å². The minimum absolute atomic E-state index is 0.367. The molecule has 0 aromatic heterocycles. The zero-order chi connectivity index (χ0) is 15.5. The molecular weight excluding hydrogens is 288 g/mol. The molecule has 1 aromatic rings. The van der Waals surface area contributed by atoms with Gasteiger partial charge < -0.3 is 0 Å². The van der Waals surface area contributed by atoms with E-state index in [1.807, 2.05) is 25.1 Å². The number of hydrogen-bond donors (Lipinski definition) is 1. The molecule has 0 saturated carbocycles. The maximum atomic E-state index is 12.1. The number of nitrogens with zero attached hydrogens (tertiary/aromatic N) is 1. The molecule has 1 amide bonds. The third-order valence-corrected chi connectivity index (χ3v) is 4.24. The van der Waals surface area contributed by atoms with E-state index in [0.29, 0.717) is 13.0 Å². The maximum Gasteiger partial charge on any atom is 0.250 e. The van der Waals surface area contributed by atoms with E-state index in [0.717, 1.165) is 31.2 Å². The second-order valence-corrected chi connectivity index (χ2v) is 7.46. The summed E-state index contributed by atoms with van der Waals surface area (Å²) >= 11 is 0. The quantitative estimate of drug-likeness (QED) is 0.913. The van der Waals surface area contributed by atoms with Crippen LogP contribution in [0, 0.1) is 6.92 Å². The maximum absolute atomic E-state index is 12.1. The van der Waals surface area contributed by atoms with Gasteiger partial charge in [-0.1, -0.05) is 36.2 Å². The topological polar surface area (TPSA) is 66.5 Å². The van der Waals surface area contributed by atoms with E-state index in [-0.39, 0.29) is 6.04 Å². The van der Waals surface area contributed by atoms with Crippen LogP contribution >= 0.6 is 0 Å². The Morgan fingerprint density at radius 3 is 2.81 bits per heavy atom. The fourth-order valence-corrected chi connectivity index (χ4v) is 3.27. The zero-order valence-electron chi connectivity index (χ0n) is 12.5. The summed E-state index contributed by atoms with van der Waals surface area (Å²) in [6, 6.07) is 7.80. The van der Waals surface area contributed by atoms with Gasteiger partial charge in [0, 0.05) is 6.54 Å². The van der Waals surface area contributed by atoms with E-state index >= 15 is 0 Å². The summed E-state index contributed by atoms with van der Waals surface area (Å²) in [5, 5.41) is 0. The molecule has 0 aliphatic carbocycles. The average molecular weight is 310 g/mol. The van der Waals surface area contributed by atoms with E-state index in [2.05, 4.69) is 15.7 Å². The summed E-state index contributed by atoms with van der Waals surface area (Å²) in [5.74, 6) is -0.412.